The minimum atomic E-state index is -3.86. The number of fused-ring (bicyclic) bond motifs is 1. The summed E-state index contributed by atoms with van der Waals surface area (Å²) in [6.07, 6.45) is -5.80. The van der Waals surface area contributed by atoms with E-state index in [1.807, 2.05) is 0 Å². The highest BCUT2D eigenvalue weighted by Gasteiger charge is 2.45. The molecule has 0 radical (unpaired) electrons. The summed E-state index contributed by atoms with van der Waals surface area (Å²) < 4.78 is 71.0. The number of nitrogens with zero attached hydrogens (tertiary/aromatic N) is 1. The summed E-state index contributed by atoms with van der Waals surface area (Å²) in [5.41, 5.74) is -0.919. The normalized spacial score (nSPS) is 21.9. The molecule has 2 aromatic rings. The van der Waals surface area contributed by atoms with Gasteiger partial charge in [0.2, 0.25) is 0 Å². The lowest BCUT2D eigenvalue weighted by atomic mass is 10.1. The van der Waals surface area contributed by atoms with Crippen LogP contribution in [0.1, 0.15) is 23.4 Å². The summed E-state index contributed by atoms with van der Waals surface area (Å²) in [6, 6.07) is 5.27. The zero-order chi connectivity index (χ0) is 19.2. The van der Waals surface area contributed by atoms with Crippen LogP contribution >= 0.6 is 0 Å². The molecule has 2 aromatic carbocycles. The van der Waals surface area contributed by atoms with Crippen LogP contribution in [0.3, 0.4) is 0 Å². The number of sulfone groups is 1. The minimum Gasteiger partial charge on any atom is -0.458 e. The summed E-state index contributed by atoms with van der Waals surface area (Å²) in [5.74, 6) is -1.17. The van der Waals surface area contributed by atoms with Crippen molar-refractivity contribution in [3.05, 3.63) is 58.7 Å². The van der Waals surface area contributed by atoms with E-state index in [1.54, 1.807) is 0 Å². The molecule has 9 heteroatoms. The number of alkyl halides is 2. The Morgan fingerprint density at radius 2 is 1.88 bits per heavy atom. The molecular formula is C17H12F3NO4S. The highest BCUT2D eigenvalue weighted by Crippen LogP contribution is 2.50. The van der Waals surface area contributed by atoms with E-state index in [4.69, 9.17) is 11.3 Å². The van der Waals surface area contributed by atoms with E-state index < -0.39 is 50.1 Å². The Hall–Kier alpha value is -2.57. The lowest BCUT2D eigenvalue weighted by Crippen LogP contribution is -2.11. The monoisotopic (exact) mass is 383 g/mol. The van der Waals surface area contributed by atoms with Gasteiger partial charge in [-0.1, -0.05) is 0 Å². The van der Waals surface area contributed by atoms with Crippen LogP contribution in [0, 0.1) is 12.4 Å². The highest BCUT2D eigenvalue weighted by molar-refractivity contribution is 7.90. The Labute approximate surface area is 147 Å². The van der Waals surface area contributed by atoms with Crippen molar-refractivity contribution in [3.63, 3.8) is 0 Å². The van der Waals surface area contributed by atoms with E-state index in [0.29, 0.717) is 0 Å². The third kappa shape index (κ3) is 3.02. The van der Waals surface area contributed by atoms with Gasteiger partial charge in [0, 0.05) is 23.4 Å². The van der Waals surface area contributed by atoms with Crippen LogP contribution in [0.15, 0.2) is 35.2 Å². The maximum atomic E-state index is 14.4. The molecule has 1 N–H and O–H groups in total. The van der Waals surface area contributed by atoms with E-state index in [-0.39, 0.29) is 17.2 Å². The Kier molecular flexibility index (Phi) is 4.42. The van der Waals surface area contributed by atoms with Gasteiger partial charge in [0.05, 0.1) is 11.5 Å². The first-order chi connectivity index (χ1) is 12.1. The van der Waals surface area contributed by atoms with Gasteiger partial charge < -0.3 is 9.84 Å². The molecule has 26 heavy (non-hydrogen) atoms. The molecule has 1 aliphatic carbocycles. The van der Waals surface area contributed by atoms with Gasteiger partial charge in [-0.25, -0.2) is 26.4 Å². The molecule has 0 saturated carbocycles. The molecule has 0 amide bonds. The van der Waals surface area contributed by atoms with Crippen molar-refractivity contribution in [1.29, 1.82) is 0 Å². The van der Waals surface area contributed by atoms with Gasteiger partial charge in [-0.05, 0) is 24.3 Å². The Morgan fingerprint density at radius 1 is 1.19 bits per heavy atom. The van der Waals surface area contributed by atoms with E-state index >= 15 is 0 Å². The summed E-state index contributed by atoms with van der Waals surface area (Å²) in [7, 11) is -3.86. The van der Waals surface area contributed by atoms with Crippen LogP contribution in [0.4, 0.5) is 18.9 Å². The van der Waals surface area contributed by atoms with Gasteiger partial charge in [-0.15, -0.1) is 0 Å². The fourth-order valence-electron chi connectivity index (χ4n) is 2.88. The molecule has 0 unspecified atom stereocenters. The van der Waals surface area contributed by atoms with Gasteiger partial charge in [0.25, 0.3) is 0 Å². The van der Waals surface area contributed by atoms with E-state index in [9.17, 15) is 26.7 Å². The summed E-state index contributed by atoms with van der Waals surface area (Å²) in [6.45, 7) is 6.91. The second kappa shape index (κ2) is 6.30. The van der Waals surface area contributed by atoms with Crippen LogP contribution in [0.5, 0.6) is 11.5 Å². The zero-order valence-electron chi connectivity index (χ0n) is 13.3. The number of aliphatic hydroxyl groups is 1. The third-order valence-corrected chi connectivity index (χ3v) is 5.13. The molecule has 0 aliphatic heterocycles. The van der Waals surface area contributed by atoms with Crippen molar-refractivity contribution in [2.45, 2.75) is 23.3 Å². The molecule has 0 aromatic heterocycles. The van der Waals surface area contributed by atoms with Crippen LogP contribution in [0.2, 0.25) is 0 Å². The van der Waals surface area contributed by atoms with Gasteiger partial charge in [-0.3, -0.25) is 0 Å². The average Bonchev–Trinajstić information content (AvgIpc) is 2.79. The van der Waals surface area contributed by atoms with E-state index in [0.717, 1.165) is 30.5 Å². The maximum absolute atomic E-state index is 14.4. The average molecular weight is 383 g/mol. The van der Waals surface area contributed by atoms with E-state index in [1.165, 1.54) is 6.07 Å². The van der Waals surface area contributed by atoms with Crippen molar-refractivity contribution in [2.24, 2.45) is 0 Å². The van der Waals surface area contributed by atoms with Crippen LogP contribution < -0.4 is 4.74 Å². The number of hydrogen-bond donors (Lipinski definition) is 1. The number of rotatable bonds is 3. The first-order valence-electron chi connectivity index (χ1n) is 7.32. The van der Waals surface area contributed by atoms with Crippen molar-refractivity contribution in [3.8, 4) is 11.5 Å². The largest absolute Gasteiger partial charge is 0.458 e. The molecule has 5 nitrogen and oxygen atoms in total. The molecule has 3 rings (SSSR count). The number of ether oxygens (including phenoxy) is 1. The Bertz CT molecular complexity index is 1030. The SMILES string of the molecule is [C-]#[N+]c1cc(F)cc(Oc2ccc(S(C)(=O)=O)c3c2[C@@H](F)[C@@H](F)[C@H]3O)c1. The standard InChI is InChI=1S/C17H12F3NO4S/c1-21-9-5-8(18)6-10(7-9)25-11-3-4-12(26(2,23)24)14-13(11)15(19)16(20)17(14)22/h3-7,15-17,22H,2H3/t15-,16-,17+/m1/s1. The predicted molar refractivity (Wildman–Crippen MR) is 86.0 cm³/mol. The van der Waals surface area contributed by atoms with Gasteiger partial charge >= 0.3 is 0 Å². The molecule has 0 bridgehead atoms. The first kappa shape index (κ1) is 18.2. The zero-order valence-corrected chi connectivity index (χ0v) is 14.1. The topological polar surface area (TPSA) is 68.0 Å². The second-order valence-corrected chi connectivity index (χ2v) is 7.80. The number of halogens is 3. The van der Waals surface area contributed by atoms with Crippen molar-refractivity contribution < 1.29 is 31.4 Å². The van der Waals surface area contributed by atoms with Crippen molar-refractivity contribution in [1.82, 2.24) is 0 Å². The predicted octanol–water partition coefficient (Wildman–Crippen LogP) is 3.97. The molecule has 3 atom stereocenters. The molecular weight excluding hydrogens is 371 g/mol. The summed E-state index contributed by atoms with van der Waals surface area (Å²) in [4.78, 5) is 2.66. The Morgan fingerprint density at radius 3 is 2.50 bits per heavy atom. The second-order valence-electron chi connectivity index (χ2n) is 5.81. The van der Waals surface area contributed by atoms with Crippen LogP contribution in [-0.4, -0.2) is 26.0 Å². The number of benzene rings is 2. The molecule has 136 valence electrons. The van der Waals surface area contributed by atoms with Gasteiger partial charge in [0.15, 0.2) is 27.9 Å². The fraction of sp³-hybridized carbons (Fsp3) is 0.235. The lowest BCUT2D eigenvalue weighted by Gasteiger charge is -2.15. The minimum absolute atomic E-state index is 0.0652. The molecule has 0 heterocycles. The number of aliphatic hydroxyl groups excluding tert-OH is 1. The molecule has 0 saturated heterocycles. The summed E-state index contributed by atoms with van der Waals surface area (Å²) >= 11 is 0. The van der Waals surface area contributed by atoms with E-state index in [2.05, 4.69) is 4.85 Å². The maximum Gasteiger partial charge on any atom is 0.193 e. The van der Waals surface area contributed by atoms with Crippen LogP contribution in [-0.2, 0) is 9.84 Å². The molecule has 0 spiro atoms. The smallest absolute Gasteiger partial charge is 0.193 e. The van der Waals surface area contributed by atoms with Gasteiger partial charge in [-0.2, -0.15) is 0 Å². The molecule has 1 aliphatic rings. The highest BCUT2D eigenvalue weighted by atomic mass is 32.2. The first-order valence-corrected chi connectivity index (χ1v) is 9.21. The summed E-state index contributed by atoms with van der Waals surface area (Å²) in [5, 5.41) is 9.95. The lowest BCUT2D eigenvalue weighted by molar-refractivity contribution is 0.0454. The third-order valence-electron chi connectivity index (χ3n) is 3.97. The van der Waals surface area contributed by atoms with Crippen molar-refractivity contribution >= 4 is 15.5 Å². The Balaban J connectivity index is 2.17. The number of hydrogen-bond acceptors (Lipinski definition) is 4. The quantitative estimate of drug-likeness (QED) is 0.815. The fourth-order valence-corrected chi connectivity index (χ4v) is 3.82. The van der Waals surface area contributed by atoms with Crippen LogP contribution in [0.25, 0.3) is 4.85 Å². The molecule has 0 fully saturated rings. The van der Waals surface area contributed by atoms with Crippen molar-refractivity contribution in [2.75, 3.05) is 6.26 Å². The van der Waals surface area contributed by atoms with Gasteiger partial charge in [0.1, 0.15) is 23.4 Å².